The fourth-order valence-electron chi connectivity index (χ4n) is 4.11. The molecule has 1 aliphatic rings. The number of alkyl carbamates (subject to hydrolysis) is 1. The molecule has 0 unspecified atom stereocenters. The van der Waals surface area contributed by atoms with Crippen LogP contribution in [-0.4, -0.2) is 24.7 Å². The summed E-state index contributed by atoms with van der Waals surface area (Å²) >= 11 is 0. The maximum atomic E-state index is 12.6. The van der Waals surface area contributed by atoms with E-state index in [1.165, 1.54) is 0 Å². The smallest absolute Gasteiger partial charge is 0.407 e. The molecule has 0 aliphatic heterocycles. The van der Waals surface area contributed by atoms with Gasteiger partial charge in [0.05, 0.1) is 0 Å². The molecule has 0 spiro atoms. The normalized spacial score (nSPS) is 13.6. The molecule has 0 bridgehead atoms. The third-order valence-corrected chi connectivity index (χ3v) is 5.86. The zero-order valence-electron chi connectivity index (χ0n) is 18.5. The Labute approximate surface area is 188 Å². The summed E-state index contributed by atoms with van der Waals surface area (Å²) < 4.78 is 11.2. The zero-order valence-corrected chi connectivity index (χ0v) is 18.5. The van der Waals surface area contributed by atoms with Crippen molar-refractivity contribution in [2.45, 2.75) is 38.3 Å². The van der Waals surface area contributed by atoms with E-state index >= 15 is 0 Å². The zero-order chi connectivity index (χ0) is 22.7. The van der Waals surface area contributed by atoms with Crippen molar-refractivity contribution in [2.75, 3.05) is 6.61 Å². The number of benzene rings is 3. The van der Waals surface area contributed by atoms with Gasteiger partial charge < -0.3 is 14.8 Å². The summed E-state index contributed by atoms with van der Waals surface area (Å²) in [6.45, 7) is 5.42. The van der Waals surface area contributed by atoms with Crippen molar-refractivity contribution in [1.82, 2.24) is 5.32 Å². The molecule has 0 fully saturated rings. The lowest BCUT2D eigenvalue weighted by molar-refractivity contribution is -0.159. The molecular formula is C27H27NO4. The van der Waals surface area contributed by atoms with Crippen molar-refractivity contribution in [3.05, 3.63) is 95.6 Å². The predicted molar refractivity (Wildman–Crippen MR) is 123 cm³/mol. The molecule has 0 saturated carbocycles. The van der Waals surface area contributed by atoms with Gasteiger partial charge in [-0.3, -0.25) is 0 Å². The van der Waals surface area contributed by atoms with Gasteiger partial charge in [-0.1, -0.05) is 78.9 Å². The van der Waals surface area contributed by atoms with Crippen molar-refractivity contribution in [3.63, 3.8) is 0 Å². The van der Waals surface area contributed by atoms with Crippen LogP contribution in [0.5, 0.6) is 0 Å². The highest BCUT2D eigenvalue weighted by Gasteiger charge is 2.31. The summed E-state index contributed by atoms with van der Waals surface area (Å²) in [5.41, 5.74) is 4.67. The number of hydrogen-bond donors (Lipinski definition) is 1. The Hall–Kier alpha value is -3.60. The van der Waals surface area contributed by atoms with Crippen LogP contribution < -0.4 is 5.32 Å². The Kier molecular flexibility index (Phi) is 5.99. The van der Waals surface area contributed by atoms with Gasteiger partial charge >= 0.3 is 12.1 Å². The third kappa shape index (κ3) is 4.37. The number of hydrogen-bond acceptors (Lipinski definition) is 4. The fraction of sp³-hybridized carbons (Fsp3) is 0.259. The SMILES string of the molecule is C[C@H](NC(=O)OCC1c2ccccc2-c2ccccc21)C(=O)OC(C)(C)c1ccccc1. The lowest BCUT2D eigenvalue weighted by Gasteiger charge is -2.27. The first-order valence-electron chi connectivity index (χ1n) is 10.8. The predicted octanol–water partition coefficient (Wildman–Crippen LogP) is 5.39. The molecule has 5 heteroatoms. The van der Waals surface area contributed by atoms with Gasteiger partial charge in [0, 0.05) is 5.92 Å². The maximum Gasteiger partial charge on any atom is 0.407 e. The molecule has 1 atom stereocenters. The van der Waals surface area contributed by atoms with Crippen LogP contribution in [0, 0.1) is 0 Å². The molecule has 5 nitrogen and oxygen atoms in total. The van der Waals surface area contributed by atoms with E-state index in [-0.39, 0.29) is 12.5 Å². The molecule has 4 rings (SSSR count). The van der Waals surface area contributed by atoms with E-state index in [2.05, 4.69) is 29.6 Å². The lowest BCUT2D eigenvalue weighted by Crippen LogP contribution is -2.42. The van der Waals surface area contributed by atoms with E-state index < -0.39 is 23.7 Å². The highest BCUT2D eigenvalue weighted by molar-refractivity contribution is 5.82. The highest BCUT2D eigenvalue weighted by atomic mass is 16.6. The first kappa shape index (κ1) is 21.6. The molecule has 0 radical (unpaired) electrons. The molecule has 1 N–H and O–H groups in total. The second-order valence-electron chi connectivity index (χ2n) is 8.49. The standard InChI is InChI=1S/C27H27NO4/c1-18(25(29)32-27(2,3)19-11-5-4-6-12-19)28-26(30)31-17-24-22-15-9-7-13-20(22)21-14-8-10-16-23(21)24/h4-16,18,24H,17H2,1-3H3,(H,28,30)/t18-/m0/s1. The molecular weight excluding hydrogens is 402 g/mol. The third-order valence-electron chi connectivity index (χ3n) is 5.86. The van der Waals surface area contributed by atoms with Crippen molar-refractivity contribution in [1.29, 1.82) is 0 Å². The molecule has 1 aliphatic carbocycles. The summed E-state index contributed by atoms with van der Waals surface area (Å²) in [7, 11) is 0. The second kappa shape index (κ2) is 8.87. The Morgan fingerprint density at radius 1 is 0.875 bits per heavy atom. The molecule has 32 heavy (non-hydrogen) atoms. The number of esters is 1. The van der Waals surface area contributed by atoms with E-state index in [4.69, 9.17) is 9.47 Å². The summed E-state index contributed by atoms with van der Waals surface area (Å²) in [6, 6.07) is 24.9. The Bertz CT molecular complexity index is 1080. The van der Waals surface area contributed by atoms with Gasteiger partial charge in [-0.2, -0.15) is 0 Å². The number of amides is 1. The second-order valence-corrected chi connectivity index (χ2v) is 8.49. The first-order chi connectivity index (χ1) is 15.4. The van der Waals surface area contributed by atoms with E-state index in [9.17, 15) is 9.59 Å². The monoisotopic (exact) mass is 429 g/mol. The van der Waals surface area contributed by atoms with Crippen molar-refractivity contribution < 1.29 is 19.1 Å². The van der Waals surface area contributed by atoms with Gasteiger partial charge in [0.25, 0.3) is 0 Å². The van der Waals surface area contributed by atoms with Gasteiger partial charge in [0.15, 0.2) is 0 Å². The Morgan fingerprint density at radius 3 is 2.00 bits per heavy atom. The number of nitrogens with one attached hydrogen (secondary N) is 1. The van der Waals surface area contributed by atoms with Crippen LogP contribution >= 0.6 is 0 Å². The van der Waals surface area contributed by atoms with Crippen LogP contribution in [0.2, 0.25) is 0 Å². The number of fused-ring (bicyclic) bond motifs is 3. The number of carbonyl (C=O) groups excluding carboxylic acids is 2. The Balaban J connectivity index is 1.36. The average Bonchev–Trinajstić information content (AvgIpc) is 3.12. The van der Waals surface area contributed by atoms with Crippen LogP contribution in [0.15, 0.2) is 78.9 Å². The van der Waals surface area contributed by atoms with E-state index in [1.807, 2.05) is 68.4 Å². The van der Waals surface area contributed by atoms with E-state index in [0.717, 1.165) is 27.8 Å². The lowest BCUT2D eigenvalue weighted by atomic mass is 9.98. The molecule has 1 amide bonds. The van der Waals surface area contributed by atoms with Crippen LogP contribution in [0.3, 0.4) is 0 Å². The fourth-order valence-corrected chi connectivity index (χ4v) is 4.11. The van der Waals surface area contributed by atoms with E-state index in [0.29, 0.717) is 0 Å². The minimum absolute atomic E-state index is 0.0348. The van der Waals surface area contributed by atoms with Crippen molar-refractivity contribution in [3.8, 4) is 11.1 Å². The van der Waals surface area contributed by atoms with Crippen molar-refractivity contribution >= 4 is 12.1 Å². The summed E-state index contributed by atoms with van der Waals surface area (Å²) in [6.07, 6.45) is -0.645. The first-order valence-corrected chi connectivity index (χ1v) is 10.8. The quantitative estimate of drug-likeness (QED) is 0.534. The minimum Gasteiger partial charge on any atom is -0.453 e. The molecule has 3 aromatic rings. The largest absolute Gasteiger partial charge is 0.453 e. The average molecular weight is 430 g/mol. The molecule has 164 valence electrons. The molecule has 0 aromatic heterocycles. The van der Waals surface area contributed by atoms with Gasteiger partial charge in [-0.05, 0) is 48.6 Å². The van der Waals surface area contributed by atoms with Gasteiger partial charge in [0.1, 0.15) is 18.2 Å². The summed E-state index contributed by atoms with van der Waals surface area (Å²) in [5, 5.41) is 2.59. The topological polar surface area (TPSA) is 64.6 Å². The highest BCUT2D eigenvalue weighted by Crippen LogP contribution is 2.44. The Morgan fingerprint density at radius 2 is 1.41 bits per heavy atom. The van der Waals surface area contributed by atoms with Crippen LogP contribution in [0.4, 0.5) is 4.79 Å². The van der Waals surface area contributed by atoms with Crippen LogP contribution in [-0.2, 0) is 19.9 Å². The van der Waals surface area contributed by atoms with Gasteiger partial charge in [-0.25, -0.2) is 9.59 Å². The number of carbonyl (C=O) groups is 2. The summed E-state index contributed by atoms with van der Waals surface area (Å²) in [4.78, 5) is 25.0. The van der Waals surface area contributed by atoms with Gasteiger partial charge in [-0.15, -0.1) is 0 Å². The molecule has 3 aromatic carbocycles. The van der Waals surface area contributed by atoms with Crippen LogP contribution in [0.25, 0.3) is 11.1 Å². The minimum atomic E-state index is -0.839. The molecule has 0 heterocycles. The van der Waals surface area contributed by atoms with Crippen molar-refractivity contribution in [2.24, 2.45) is 0 Å². The van der Waals surface area contributed by atoms with E-state index in [1.54, 1.807) is 6.92 Å². The summed E-state index contributed by atoms with van der Waals surface area (Å²) in [5.74, 6) is -0.556. The molecule has 0 saturated heterocycles. The van der Waals surface area contributed by atoms with Gasteiger partial charge in [0.2, 0.25) is 0 Å². The van der Waals surface area contributed by atoms with Crippen LogP contribution in [0.1, 0.15) is 43.4 Å². The maximum absolute atomic E-state index is 12.6. The number of ether oxygens (including phenoxy) is 2. The number of rotatable bonds is 6.